The van der Waals surface area contributed by atoms with Crippen LogP contribution in [-0.2, 0) is 4.79 Å². The summed E-state index contributed by atoms with van der Waals surface area (Å²) in [6, 6.07) is 9.07. The summed E-state index contributed by atoms with van der Waals surface area (Å²) < 4.78 is 5.79. The predicted octanol–water partition coefficient (Wildman–Crippen LogP) is 3.00. The molecule has 0 spiro atoms. The number of nitrogens with zero attached hydrogens (tertiary/aromatic N) is 1. The van der Waals surface area contributed by atoms with Crippen LogP contribution in [0.4, 0.5) is 4.79 Å². The summed E-state index contributed by atoms with van der Waals surface area (Å²) in [5.74, 6) is -0.231. The van der Waals surface area contributed by atoms with Gasteiger partial charge in [0.15, 0.2) is 0 Å². The highest BCUT2D eigenvalue weighted by molar-refractivity contribution is 5.79. The molecule has 1 heterocycles. The Labute approximate surface area is 128 Å². The Hall–Kier alpha value is -2.50. The Morgan fingerprint density at radius 1 is 1.36 bits per heavy atom. The molecular weight excluding hydrogens is 284 g/mol. The number of amides is 2. The highest BCUT2D eigenvalue weighted by Crippen LogP contribution is 2.27. The van der Waals surface area contributed by atoms with Crippen LogP contribution < -0.4 is 5.32 Å². The van der Waals surface area contributed by atoms with E-state index in [1.54, 1.807) is 4.90 Å². The molecule has 1 aromatic heterocycles. The van der Waals surface area contributed by atoms with Crippen molar-refractivity contribution in [2.24, 2.45) is 0 Å². The van der Waals surface area contributed by atoms with Gasteiger partial charge in [-0.25, -0.2) is 4.79 Å². The van der Waals surface area contributed by atoms with Gasteiger partial charge in [-0.15, -0.1) is 0 Å². The molecule has 6 heteroatoms. The maximum atomic E-state index is 12.2. The number of benzene rings is 1. The molecule has 2 aromatic rings. The van der Waals surface area contributed by atoms with Crippen LogP contribution in [0.25, 0.3) is 11.0 Å². The summed E-state index contributed by atoms with van der Waals surface area (Å²) in [4.78, 5) is 24.3. The summed E-state index contributed by atoms with van der Waals surface area (Å²) in [6.07, 6.45) is -0.0949. The quantitative estimate of drug-likeness (QED) is 0.859. The Kier molecular flexibility index (Phi) is 5.04. The first-order chi connectivity index (χ1) is 10.5. The summed E-state index contributed by atoms with van der Waals surface area (Å²) >= 11 is 0. The van der Waals surface area contributed by atoms with Gasteiger partial charge in [-0.2, -0.15) is 0 Å². The number of carboxylic acids is 1. The molecule has 2 rings (SSSR count). The summed E-state index contributed by atoms with van der Waals surface area (Å²) in [7, 11) is 0. The zero-order chi connectivity index (χ0) is 16.1. The lowest BCUT2D eigenvalue weighted by molar-refractivity contribution is -0.136. The minimum absolute atomic E-state index is 0.0949. The normalized spacial score (nSPS) is 12.1. The maximum Gasteiger partial charge on any atom is 0.318 e. The second kappa shape index (κ2) is 6.98. The van der Waals surface area contributed by atoms with Gasteiger partial charge in [0, 0.05) is 18.5 Å². The fourth-order valence-electron chi connectivity index (χ4n) is 2.33. The number of nitrogens with one attached hydrogen (secondary N) is 1. The maximum absolute atomic E-state index is 12.2. The van der Waals surface area contributed by atoms with E-state index in [-0.39, 0.29) is 25.0 Å². The average Bonchev–Trinajstić information content (AvgIpc) is 2.91. The van der Waals surface area contributed by atoms with Gasteiger partial charge in [-0.1, -0.05) is 18.2 Å². The van der Waals surface area contributed by atoms with Crippen LogP contribution in [0.2, 0.25) is 0 Å². The van der Waals surface area contributed by atoms with Crippen LogP contribution in [0.1, 0.15) is 32.1 Å². The highest BCUT2D eigenvalue weighted by atomic mass is 16.4. The van der Waals surface area contributed by atoms with Crippen LogP contribution in [0, 0.1) is 0 Å². The standard InChI is InChI=1S/C16H20N2O4/c1-3-18(16(21)17-9-8-15(19)20)11(2)14-10-12-6-4-5-7-13(12)22-14/h4-7,10-11H,3,8-9H2,1-2H3,(H,17,21)(H,19,20). The molecule has 22 heavy (non-hydrogen) atoms. The third-order valence-electron chi connectivity index (χ3n) is 3.54. The second-order valence-electron chi connectivity index (χ2n) is 5.02. The molecule has 0 aliphatic heterocycles. The monoisotopic (exact) mass is 304 g/mol. The van der Waals surface area contributed by atoms with Gasteiger partial charge in [-0.3, -0.25) is 4.79 Å². The first-order valence-electron chi connectivity index (χ1n) is 7.27. The lowest BCUT2D eigenvalue weighted by atomic mass is 10.2. The number of hydrogen-bond donors (Lipinski definition) is 2. The van der Waals surface area contributed by atoms with Gasteiger partial charge in [0.05, 0.1) is 12.5 Å². The van der Waals surface area contributed by atoms with Crippen molar-refractivity contribution in [2.45, 2.75) is 26.3 Å². The summed E-state index contributed by atoms with van der Waals surface area (Å²) in [5, 5.41) is 12.2. The second-order valence-corrected chi connectivity index (χ2v) is 5.02. The van der Waals surface area contributed by atoms with Crippen molar-refractivity contribution in [3.05, 3.63) is 36.1 Å². The van der Waals surface area contributed by atoms with Crippen LogP contribution in [0.3, 0.4) is 0 Å². The molecule has 0 saturated heterocycles. The van der Waals surface area contributed by atoms with Crippen LogP contribution in [0.15, 0.2) is 34.7 Å². The molecule has 1 unspecified atom stereocenters. The molecule has 0 aliphatic carbocycles. The molecule has 0 fully saturated rings. The average molecular weight is 304 g/mol. The summed E-state index contributed by atoms with van der Waals surface area (Å²) in [6.45, 7) is 4.36. The molecule has 0 saturated carbocycles. The van der Waals surface area contributed by atoms with E-state index in [9.17, 15) is 9.59 Å². The van der Waals surface area contributed by atoms with Crippen molar-refractivity contribution in [3.8, 4) is 0 Å². The van der Waals surface area contributed by atoms with Gasteiger partial charge < -0.3 is 19.7 Å². The Morgan fingerprint density at radius 3 is 2.73 bits per heavy atom. The van der Waals surface area contributed by atoms with Crippen molar-refractivity contribution < 1.29 is 19.1 Å². The Morgan fingerprint density at radius 2 is 2.09 bits per heavy atom. The van der Waals surface area contributed by atoms with E-state index in [2.05, 4.69) is 5.32 Å². The minimum Gasteiger partial charge on any atom is -0.481 e. The lowest BCUT2D eigenvalue weighted by Crippen LogP contribution is -2.41. The van der Waals surface area contributed by atoms with E-state index in [1.165, 1.54) is 0 Å². The molecule has 1 atom stereocenters. The third-order valence-corrected chi connectivity index (χ3v) is 3.54. The number of para-hydroxylation sites is 1. The predicted molar refractivity (Wildman–Crippen MR) is 82.7 cm³/mol. The SMILES string of the molecule is CCN(C(=O)NCCC(=O)O)C(C)c1cc2ccccc2o1. The van der Waals surface area contributed by atoms with E-state index in [0.717, 1.165) is 11.0 Å². The van der Waals surface area contributed by atoms with E-state index in [0.29, 0.717) is 12.3 Å². The van der Waals surface area contributed by atoms with Crippen molar-refractivity contribution in [1.29, 1.82) is 0 Å². The lowest BCUT2D eigenvalue weighted by Gasteiger charge is -2.26. The smallest absolute Gasteiger partial charge is 0.318 e. The number of hydrogen-bond acceptors (Lipinski definition) is 3. The first kappa shape index (κ1) is 15.9. The number of carbonyl (C=O) groups is 2. The molecule has 6 nitrogen and oxygen atoms in total. The zero-order valence-electron chi connectivity index (χ0n) is 12.7. The van der Waals surface area contributed by atoms with Crippen molar-refractivity contribution >= 4 is 23.0 Å². The third kappa shape index (κ3) is 3.58. The molecular formula is C16H20N2O4. The van der Waals surface area contributed by atoms with Crippen LogP contribution in [0.5, 0.6) is 0 Å². The highest BCUT2D eigenvalue weighted by Gasteiger charge is 2.22. The number of rotatable bonds is 6. The molecule has 0 bridgehead atoms. The van der Waals surface area contributed by atoms with Gasteiger partial charge in [0.2, 0.25) is 0 Å². The minimum atomic E-state index is -0.936. The van der Waals surface area contributed by atoms with Crippen LogP contribution >= 0.6 is 0 Å². The molecule has 2 N–H and O–H groups in total. The van der Waals surface area contributed by atoms with Gasteiger partial charge >= 0.3 is 12.0 Å². The van der Waals surface area contributed by atoms with Crippen molar-refractivity contribution in [2.75, 3.05) is 13.1 Å². The van der Waals surface area contributed by atoms with Gasteiger partial charge in [0.1, 0.15) is 11.3 Å². The van der Waals surface area contributed by atoms with E-state index < -0.39 is 5.97 Å². The summed E-state index contributed by atoms with van der Waals surface area (Å²) in [5.41, 5.74) is 0.784. The Balaban J connectivity index is 2.08. The van der Waals surface area contributed by atoms with Crippen LogP contribution in [-0.4, -0.2) is 35.1 Å². The van der Waals surface area contributed by atoms with E-state index in [1.807, 2.05) is 44.2 Å². The Bertz CT molecular complexity index is 632. The molecule has 2 amide bonds. The fraction of sp³-hybridized carbons (Fsp3) is 0.375. The molecule has 118 valence electrons. The number of fused-ring (bicyclic) bond motifs is 1. The fourth-order valence-corrected chi connectivity index (χ4v) is 2.33. The molecule has 0 radical (unpaired) electrons. The number of urea groups is 1. The first-order valence-corrected chi connectivity index (χ1v) is 7.27. The van der Waals surface area contributed by atoms with Gasteiger partial charge in [-0.05, 0) is 26.0 Å². The van der Waals surface area contributed by atoms with Crippen molar-refractivity contribution in [3.63, 3.8) is 0 Å². The number of aliphatic carboxylic acids is 1. The topological polar surface area (TPSA) is 82.8 Å². The number of furan rings is 1. The molecule has 0 aliphatic rings. The van der Waals surface area contributed by atoms with Gasteiger partial charge in [0.25, 0.3) is 0 Å². The zero-order valence-corrected chi connectivity index (χ0v) is 12.7. The molecule has 1 aromatic carbocycles. The largest absolute Gasteiger partial charge is 0.481 e. The number of carbonyl (C=O) groups excluding carboxylic acids is 1. The van der Waals surface area contributed by atoms with E-state index >= 15 is 0 Å². The number of carboxylic acid groups (broad SMARTS) is 1. The van der Waals surface area contributed by atoms with E-state index in [4.69, 9.17) is 9.52 Å². The van der Waals surface area contributed by atoms with Crippen molar-refractivity contribution in [1.82, 2.24) is 10.2 Å².